The highest BCUT2D eigenvalue weighted by Gasteiger charge is 2.21. The zero-order valence-electron chi connectivity index (χ0n) is 10.2. The largest absolute Gasteiger partial charge is 0.358 e. The van der Waals surface area contributed by atoms with Crippen LogP contribution in [0.2, 0.25) is 0 Å². The van der Waals surface area contributed by atoms with Crippen molar-refractivity contribution in [1.29, 1.82) is 0 Å². The van der Waals surface area contributed by atoms with Crippen LogP contribution >= 0.6 is 22.6 Å². The summed E-state index contributed by atoms with van der Waals surface area (Å²) >= 11 is 1.76. The zero-order chi connectivity index (χ0) is 14.5. The Morgan fingerprint density at radius 3 is 3.00 bits per heavy atom. The number of hydrogen-bond donors (Lipinski definition) is 1. The third kappa shape index (κ3) is 3.50. The van der Waals surface area contributed by atoms with Crippen LogP contribution in [-0.2, 0) is 17.9 Å². The molecule has 0 fully saturated rings. The van der Waals surface area contributed by atoms with Gasteiger partial charge < -0.3 is 15.4 Å². The summed E-state index contributed by atoms with van der Waals surface area (Å²) in [6.07, 6.45) is 4.56. The fourth-order valence-electron chi connectivity index (χ4n) is 1.56. The number of nitrogens with zero attached hydrogens (tertiary/aromatic N) is 4. The van der Waals surface area contributed by atoms with Crippen LogP contribution < -0.4 is 5.32 Å². The molecule has 0 aliphatic rings. The van der Waals surface area contributed by atoms with E-state index in [1.54, 1.807) is 41.1 Å². The Morgan fingerprint density at radius 1 is 1.55 bits per heavy atom. The number of aromatic nitrogens is 3. The molecule has 1 N–H and O–H groups in total. The standard InChI is InChI=1S/C11H10IN5O3/c12-10-11(17(19)20)16(7-15-10)6-9(18)14-5-8-2-1-3-13-4-8/h1-4,7H,5-6H2,(H,14,18). The van der Waals surface area contributed by atoms with Crippen LogP contribution in [0.3, 0.4) is 0 Å². The maximum atomic E-state index is 11.8. The third-order valence-corrected chi connectivity index (χ3v) is 3.23. The van der Waals surface area contributed by atoms with Gasteiger partial charge in [-0.2, -0.15) is 0 Å². The second-order valence-electron chi connectivity index (χ2n) is 3.88. The number of carbonyl (C=O) groups is 1. The first-order valence-corrected chi connectivity index (χ1v) is 6.66. The maximum Gasteiger partial charge on any atom is 0.356 e. The Kier molecular flexibility index (Phi) is 4.61. The number of rotatable bonds is 5. The molecule has 0 saturated carbocycles. The molecule has 2 aromatic heterocycles. The second-order valence-corrected chi connectivity index (χ2v) is 4.90. The molecule has 0 aliphatic heterocycles. The quantitative estimate of drug-likeness (QED) is 0.470. The number of amides is 1. The van der Waals surface area contributed by atoms with Gasteiger partial charge in [0.15, 0.2) is 16.6 Å². The predicted octanol–water partition coefficient (Wildman–Crippen LogP) is 1.11. The van der Waals surface area contributed by atoms with Crippen LogP contribution in [0.1, 0.15) is 5.56 Å². The van der Waals surface area contributed by atoms with E-state index in [0.717, 1.165) is 5.56 Å². The first-order chi connectivity index (χ1) is 9.58. The summed E-state index contributed by atoms with van der Waals surface area (Å²) < 4.78 is 1.47. The lowest BCUT2D eigenvalue weighted by molar-refractivity contribution is -0.393. The molecule has 0 unspecified atom stereocenters. The van der Waals surface area contributed by atoms with Crippen molar-refractivity contribution in [3.8, 4) is 0 Å². The highest BCUT2D eigenvalue weighted by molar-refractivity contribution is 14.1. The zero-order valence-corrected chi connectivity index (χ0v) is 12.4. The van der Waals surface area contributed by atoms with E-state index < -0.39 is 4.92 Å². The lowest BCUT2D eigenvalue weighted by Crippen LogP contribution is -2.27. The summed E-state index contributed by atoms with van der Waals surface area (Å²) in [7, 11) is 0. The first-order valence-electron chi connectivity index (χ1n) is 5.58. The number of hydrogen-bond acceptors (Lipinski definition) is 5. The Balaban J connectivity index is 1.97. The van der Waals surface area contributed by atoms with Crippen molar-refractivity contribution >= 4 is 34.3 Å². The molecule has 0 saturated heterocycles. The van der Waals surface area contributed by atoms with E-state index in [-0.39, 0.29) is 22.0 Å². The van der Waals surface area contributed by atoms with Crippen LogP contribution in [0.15, 0.2) is 30.9 Å². The fraction of sp³-hybridized carbons (Fsp3) is 0.182. The molecule has 2 rings (SSSR count). The monoisotopic (exact) mass is 387 g/mol. The van der Waals surface area contributed by atoms with Gasteiger partial charge in [0.1, 0.15) is 0 Å². The van der Waals surface area contributed by atoms with E-state index in [2.05, 4.69) is 15.3 Å². The average molecular weight is 387 g/mol. The minimum Gasteiger partial charge on any atom is -0.358 e. The SMILES string of the molecule is O=C(Cn1cnc(I)c1[N+](=O)[O-])NCc1cccnc1. The van der Waals surface area contributed by atoms with Crippen LogP contribution in [0.4, 0.5) is 5.82 Å². The third-order valence-electron chi connectivity index (χ3n) is 2.47. The molecule has 1 amide bonds. The minimum absolute atomic E-state index is 0.146. The Hall–Kier alpha value is -2.04. The Morgan fingerprint density at radius 2 is 2.35 bits per heavy atom. The molecule has 0 aliphatic carbocycles. The summed E-state index contributed by atoms with van der Waals surface area (Å²) in [5, 5.41) is 13.5. The molecule has 8 nitrogen and oxygen atoms in total. The van der Waals surface area contributed by atoms with Crippen molar-refractivity contribution in [2.75, 3.05) is 0 Å². The van der Waals surface area contributed by atoms with Crippen molar-refractivity contribution in [1.82, 2.24) is 19.9 Å². The summed E-state index contributed by atoms with van der Waals surface area (Å²) in [5.41, 5.74) is 0.857. The number of nitro groups is 1. The van der Waals surface area contributed by atoms with Crippen molar-refractivity contribution in [2.45, 2.75) is 13.1 Å². The highest BCUT2D eigenvalue weighted by Crippen LogP contribution is 2.18. The van der Waals surface area contributed by atoms with Crippen molar-refractivity contribution < 1.29 is 9.72 Å². The Bertz CT molecular complexity index is 628. The fourth-order valence-corrected chi connectivity index (χ4v) is 2.19. The van der Waals surface area contributed by atoms with E-state index >= 15 is 0 Å². The van der Waals surface area contributed by atoms with Gasteiger partial charge in [-0.15, -0.1) is 0 Å². The molecule has 0 bridgehead atoms. The first kappa shape index (κ1) is 14.4. The van der Waals surface area contributed by atoms with Gasteiger partial charge in [0.2, 0.25) is 0 Å². The minimum atomic E-state index is -0.552. The van der Waals surface area contributed by atoms with E-state index in [0.29, 0.717) is 6.54 Å². The topological polar surface area (TPSA) is 103 Å². The predicted molar refractivity (Wildman–Crippen MR) is 77.7 cm³/mol. The molecule has 0 radical (unpaired) electrons. The molecule has 2 heterocycles. The number of halogens is 1. The van der Waals surface area contributed by atoms with Gasteiger partial charge in [-0.05, 0) is 39.1 Å². The number of nitrogens with one attached hydrogen (secondary N) is 1. The highest BCUT2D eigenvalue weighted by atomic mass is 127. The summed E-state index contributed by atoms with van der Waals surface area (Å²) in [4.78, 5) is 29.8. The average Bonchev–Trinajstić information content (AvgIpc) is 2.78. The normalized spacial score (nSPS) is 10.2. The number of imidazole rings is 1. The molecular weight excluding hydrogens is 377 g/mol. The van der Waals surface area contributed by atoms with Gasteiger partial charge in [0.25, 0.3) is 5.91 Å². The van der Waals surface area contributed by atoms with Crippen molar-refractivity contribution in [3.63, 3.8) is 0 Å². The molecule has 0 atom stereocenters. The van der Waals surface area contributed by atoms with Crippen molar-refractivity contribution in [3.05, 3.63) is 50.2 Å². The molecule has 9 heteroatoms. The summed E-state index contributed by atoms with van der Waals surface area (Å²) in [5.74, 6) is -0.507. The van der Waals surface area contributed by atoms with E-state index in [1.807, 2.05) is 6.07 Å². The molecule has 0 spiro atoms. The van der Waals surface area contributed by atoms with Gasteiger partial charge in [0, 0.05) is 18.9 Å². The van der Waals surface area contributed by atoms with Gasteiger partial charge in [0.05, 0.1) is 0 Å². The molecule has 20 heavy (non-hydrogen) atoms. The van der Waals surface area contributed by atoms with Gasteiger partial charge in [-0.3, -0.25) is 9.78 Å². The van der Waals surface area contributed by atoms with Crippen LogP contribution in [0.5, 0.6) is 0 Å². The van der Waals surface area contributed by atoms with E-state index in [9.17, 15) is 14.9 Å². The van der Waals surface area contributed by atoms with Crippen LogP contribution in [-0.4, -0.2) is 25.4 Å². The van der Waals surface area contributed by atoms with Crippen LogP contribution in [0, 0.1) is 13.8 Å². The van der Waals surface area contributed by atoms with Gasteiger partial charge in [-0.25, -0.2) is 9.55 Å². The number of pyridine rings is 1. The maximum absolute atomic E-state index is 11.8. The lowest BCUT2D eigenvalue weighted by atomic mass is 10.3. The van der Waals surface area contributed by atoms with E-state index in [4.69, 9.17) is 0 Å². The molecule has 104 valence electrons. The molecular formula is C11H10IN5O3. The van der Waals surface area contributed by atoms with Gasteiger partial charge >= 0.3 is 5.82 Å². The Labute approximate surface area is 127 Å². The van der Waals surface area contributed by atoms with Crippen molar-refractivity contribution in [2.24, 2.45) is 0 Å². The second kappa shape index (κ2) is 6.41. The van der Waals surface area contributed by atoms with Crippen LogP contribution in [0.25, 0.3) is 0 Å². The number of carbonyl (C=O) groups excluding carboxylic acids is 1. The lowest BCUT2D eigenvalue weighted by Gasteiger charge is -2.04. The van der Waals surface area contributed by atoms with Gasteiger partial charge in [-0.1, -0.05) is 6.07 Å². The smallest absolute Gasteiger partial charge is 0.356 e. The molecule has 0 aromatic carbocycles. The molecule has 2 aromatic rings. The summed E-state index contributed by atoms with van der Waals surface area (Å²) in [6, 6.07) is 3.60. The summed E-state index contributed by atoms with van der Waals surface area (Å²) in [6.45, 7) is 0.179. The van der Waals surface area contributed by atoms with E-state index in [1.165, 1.54) is 10.9 Å².